The third kappa shape index (κ3) is 4.11. The van der Waals surface area contributed by atoms with E-state index in [-0.39, 0.29) is 11.6 Å². The average Bonchev–Trinajstić information content (AvgIpc) is 2.95. The summed E-state index contributed by atoms with van der Waals surface area (Å²) in [5.41, 5.74) is 0.164. The Morgan fingerprint density at radius 3 is 2.38 bits per heavy atom. The lowest BCUT2D eigenvalue weighted by Gasteiger charge is -2.18. The third-order valence-electron chi connectivity index (χ3n) is 3.49. The van der Waals surface area contributed by atoms with E-state index in [1.165, 1.54) is 23.1 Å². The van der Waals surface area contributed by atoms with Gasteiger partial charge in [-0.15, -0.1) is 11.3 Å². The smallest absolute Gasteiger partial charge is 0.129 e. The van der Waals surface area contributed by atoms with Crippen LogP contribution in [0.25, 0.3) is 0 Å². The van der Waals surface area contributed by atoms with Crippen molar-refractivity contribution in [3.8, 4) is 0 Å². The Morgan fingerprint density at radius 1 is 1.10 bits per heavy atom. The summed E-state index contributed by atoms with van der Waals surface area (Å²) in [5, 5.41) is 3.40. The molecular weight excluding hydrogens is 288 g/mol. The van der Waals surface area contributed by atoms with E-state index in [0.29, 0.717) is 6.42 Å². The van der Waals surface area contributed by atoms with Crippen LogP contribution in [0.5, 0.6) is 0 Å². The molecule has 1 aromatic carbocycles. The van der Waals surface area contributed by atoms with Crippen LogP contribution in [0, 0.1) is 11.6 Å². The Kier molecular flexibility index (Phi) is 5.88. The van der Waals surface area contributed by atoms with Gasteiger partial charge in [0.1, 0.15) is 11.6 Å². The first-order chi connectivity index (χ1) is 10.2. The van der Waals surface area contributed by atoms with E-state index in [9.17, 15) is 8.78 Å². The molecule has 0 spiro atoms. The van der Waals surface area contributed by atoms with E-state index in [1.807, 2.05) is 0 Å². The lowest BCUT2D eigenvalue weighted by molar-refractivity contribution is 0.494. The van der Waals surface area contributed by atoms with Crippen LogP contribution in [0.2, 0.25) is 0 Å². The monoisotopic (exact) mass is 309 g/mol. The molecule has 1 N–H and O–H groups in total. The first-order valence-corrected chi connectivity index (χ1v) is 8.22. The van der Waals surface area contributed by atoms with Crippen molar-refractivity contribution >= 4 is 11.3 Å². The van der Waals surface area contributed by atoms with Gasteiger partial charge in [0, 0.05) is 21.4 Å². The summed E-state index contributed by atoms with van der Waals surface area (Å²) < 4.78 is 27.7. The molecule has 1 heterocycles. The maximum Gasteiger partial charge on any atom is 0.129 e. The van der Waals surface area contributed by atoms with Crippen molar-refractivity contribution in [1.82, 2.24) is 5.32 Å². The van der Waals surface area contributed by atoms with Crippen LogP contribution < -0.4 is 5.32 Å². The fraction of sp³-hybridized carbons (Fsp3) is 0.412. The SMILES string of the molecule is CCCNC(Cc1c(F)cccc1F)c1ccc(CC)s1. The second-order valence-corrected chi connectivity index (χ2v) is 6.27. The zero-order valence-corrected chi connectivity index (χ0v) is 13.3. The fourth-order valence-electron chi connectivity index (χ4n) is 2.30. The van der Waals surface area contributed by atoms with Gasteiger partial charge in [0.25, 0.3) is 0 Å². The summed E-state index contributed by atoms with van der Waals surface area (Å²) in [4.78, 5) is 2.44. The number of nitrogens with one attached hydrogen (secondary N) is 1. The number of thiophene rings is 1. The van der Waals surface area contributed by atoms with Crippen LogP contribution in [0.4, 0.5) is 8.78 Å². The zero-order chi connectivity index (χ0) is 15.2. The number of halogens is 2. The van der Waals surface area contributed by atoms with Crippen molar-refractivity contribution in [3.63, 3.8) is 0 Å². The molecule has 0 saturated heterocycles. The van der Waals surface area contributed by atoms with Crippen LogP contribution in [-0.4, -0.2) is 6.54 Å². The van der Waals surface area contributed by atoms with Gasteiger partial charge in [0.15, 0.2) is 0 Å². The lowest BCUT2D eigenvalue weighted by atomic mass is 10.0. The Hall–Kier alpha value is -1.26. The highest BCUT2D eigenvalue weighted by atomic mass is 32.1. The Labute approximate surface area is 129 Å². The fourth-order valence-corrected chi connectivity index (χ4v) is 3.32. The number of hydrogen-bond donors (Lipinski definition) is 1. The molecule has 0 amide bonds. The lowest BCUT2D eigenvalue weighted by Crippen LogP contribution is -2.24. The molecule has 0 radical (unpaired) electrons. The van der Waals surface area contributed by atoms with E-state index >= 15 is 0 Å². The molecule has 0 fully saturated rings. The van der Waals surface area contributed by atoms with Gasteiger partial charge >= 0.3 is 0 Å². The minimum atomic E-state index is -0.467. The maximum absolute atomic E-state index is 13.9. The standard InChI is InChI=1S/C17H21F2NS/c1-3-10-20-16(17-9-8-12(4-2)21-17)11-13-14(18)6-5-7-15(13)19/h5-9,16,20H,3-4,10-11H2,1-2H3. The predicted octanol–water partition coefficient (Wildman–Crippen LogP) is 4.87. The van der Waals surface area contributed by atoms with Crippen molar-refractivity contribution < 1.29 is 8.78 Å². The van der Waals surface area contributed by atoms with Crippen LogP contribution in [-0.2, 0) is 12.8 Å². The van der Waals surface area contributed by atoms with E-state index in [4.69, 9.17) is 0 Å². The van der Waals surface area contributed by atoms with E-state index in [2.05, 4.69) is 31.3 Å². The molecule has 2 aromatic rings. The van der Waals surface area contributed by atoms with Gasteiger partial charge in [0.05, 0.1) is 0 Å². The van der Waals surface area contributed by atoms with Crippen molar-refractivity contribution in [2.24, 2.45) is 0 Å². The van der Waals surface area contributed by atoms with Crippen molar-refractivity contribution in [3.05, 3.63) is 57.3 Å². The first kappa shape index (κ1) is 16.1. The molecule has 0 bridgehead atoms. The molecule has 2 rings (SSSR count). The van der Waals surface area contributed by atoms with E-state index < -0.39 is 11.6 Å². The van der Waals surface area contributed by atoms with Crippen LogP contribution in [0.3, 0.4) is 0 Å². The molecule has 0 saturated carbocycles. The summed E-state index contributed by atoms with van der Waals surface area (Å²) in [6.45, 7) is 5.03. The van der Waals surface area contributed by atoms with Gasteiger partial charge in [-0.1, -0.05) is 19.9 Å². The molecule has 1 unspecified atom stereocenters. The quantitative estimate of drug-likeness (QED) is 0.769. The molecule has 21 heavy (non-hydrogen) atoms. The van der Waals surface area contributed by atoms with E-state index in [1.54, 1.807) is 11.3 Å². The van der Waals surface area contributed by atoms with Gasteiger partial charge in [0.2, 0.25) is 0 Å². The number of aryl methyl sites for hydroxylation is 1. The molecule has 0 aliphatic heterocycles. The van der Waals surface area contributed by atoms with E-state index in [0.717, 1.165) is 24.3 Å². The number of hydrogen-bond acceptors (Lipinski definition) is 2. The summed E-state index contributed by atoms with van der Waals surface area (Å²) in [6, 6.07) is 8.17. The van der Waals surface area contributed by atoms with Gasteiger partial charge in [-0.3, -0.25) is 0 Å². The largest absolute Gasteiger partial charge is 0.309 e. The molecule has 0 aliphatic rings. The first-order valence-electron chi connectivity index (χ1n) is 7.40. The van der Waals surface area contributed by atoms with Gasteiger partial charge in [-0.25, -0.2) is 8.78 Å². The zero-order valence-electron chi connectivity index (χ0n) is 12.5. The average molecular weight is 309 g/mol. The Balaban J connectivity index is 2.23. The second-order valence-electron chi connectivity index (χ2n) is 5.07. The minimum absolute atomic E-state index is 0.0401. The predicted molar refractivity (Wildman–Crippen MR) is 84.8 cm³/mol. The number of benzene rings is 1. The minimum Gasteiger partial charge on any atom is -0.309 e. The highest BCUT2D eigenvalue weighted by molar-refractivity contribution is 7.12. The van der Waals surface area contributed by atoms with Crippen molar-refractivity contribution in [2.45, 2.75) is 39.2 Å². The summed E-state index contributed by atoms with van der Waals surface area (Å²) in [6.07, 6.45) is 2.31. The van der Waals surface area contributed by atoms with Crippen LogP contribution >= 0.6 is 11.3 Å². The van der Waals surface area contributed by atoms with Gasteiger partial charge in [-0.2, -0.15) is 0 Å². The van der Waals surface area contributed by atoms with Crippen molar-refractivity contribution in [2.75, 3.05) is 6.54 Å². The topological polar surface area (TPSA) is 12.0 Å². The highest BCUT2D eigenvalue weighted by Crippen LogP contribution is 2.28. The molecule has 114 valence electrons. The van der Waals surface area contributed by atoms with Gasteiger partial charge in [-0.05, 0) is 50.1 Å². The highest BCUT2D eigenvalue weighted by Gasteiger charge is 2.18. The van der Waals surface area contributed by atoms with Crippen LogP contribution in [0.15, 0.2) is 30.3 Å². The summed E-state index contributed by atoms with van der Waals surface area (Å²) >= 11 is 1.71. The number of rotatable bonds is 7. The van der Waals surface area contributed by atoms with Crippen LogP contribution in [0.1, 0.15) is 41.6 Å². The molecule has 4 heteroatoms. The summed E-state index contributed by atoms with van der Waals surface area (Å²) in [5.74, 6) is -0.934. The molecule has 1 nitrogen and oxygen atoms in total. The second kappa shape index (κ2) is 7.66. The Bertz CT molecular complexity index is 560. The molecule has 0 aliphatic carbocycles. The normalized spacial score (nSPS) is 12.6. The Morgan fingerprint density at radius 2 is 1.81 bits per heavy atom. The molecule has 1 aromatic heterocycles. The molecular formula is C17H21F2NS. The third-order valence-corrected chi connectivity index (χ3v) is 4.83. The summed E-state index contributed by atoms with van der Waals surface area (Å²) in [7, 11) is 0. The van der Waals surface area contributed by atoms with Gasteiger partial charge < -0.3 is 5.32 Å². The molecule has 1 atom stereocenters. The van der Waals surface area contributed by atoms with Crippen molar-refractivity contribution in [1.29, 1.82) is 0 Å². The maximum atomic E-state index is 13.9.